The van der Waals surface area contributed by atoms with Gasteiger partial charge in [-0.05, 0) is 43.2 Å². The molecular formula is C34H42N6O8. The Morgan fingerprint density at radius 2 is 1.62 bits per heavy atom. The molecule has 0 saturated carbocycles. The molecule has 14 nitrogen and oxygen atoms in total. The highest BCUT2D eigenvalue weighted by atomic mass is 16.5. The van der Waals surface area contributed by atoms with Gasteiger partial charge in [-0.1, -0.05) is 30.3 Å². The van der Waals surface area contributed by atoms with Crippen molar-refractivity contribution in [3.63, 3.8) is 0 Å². The van der Waals surface area contributed by atoms with Gasteiger partial charge in [0.05, 0.1) is 27.4 Å². The molecule has 0 unspecified atom stereocenters. The molecule has 0 aliphatic carbocycles. The van der Waals surface area contributed by atoms with Crippen LogP contribution in [0.15, 0.2) is 60.8 Å². The zero-order chi connectivity index (χ0) is 34.6. The number of carbonyl (C=O) groups is 5. The fourth-order valence-corrected chi connectivity index (χ4v) is 5.09. The molecule has 0 spiro atoms. The normalized spacial score (nSPS) is 18.6. The van der Waals surface area contributed by atoms with Gasteiger partial charge in [-0.3, -0.25) is 24.0 Å². The summed E-state index contributed by atoms with van der Waals surface area (Å²) in [7, 11) is 4.57. The second-order valence-corrected chi connectivity index (χ2v) is 11.2. The number of ether oxygens (including phenoxy) is 3. The van der Waals surface area contributed by atoms with E-state index in [0.29, 0.717) is 12.1 Å². The van der Waals surface area contributed by atoms with Crippen molar-refractivity contribution in [3.8, 4) is 17.2 Å². The highest BCUT2D eigenvalue weighted by Gasteiger charge is 2.27. The zero-order valence-electron chi connectivity index (χ0n) is 27.5. The van der Waals surface area contributed by atoms with Gasteiger partial charge in [0.1, 0.15) is 17.8 Å². The monoisotopic (exact) mass is 662 g/mol. The fraction of sp³-hybridized carbons (Fsp3) is 0.382. The minimum Gasteiger partial charge on any atom is -0.493 e. The van der Waals surface area contributed by atoms with Crippen molar-refractivity contribution in [2.75, 3.05) is 47.0 Å². The lowest BCUT2D eigenvalue weighted by Crippen LogP contribution is -2.54. The summed E-state index contributed by atoms with van der Waals surface area (Å²) in [6.07, 6.45) is 2.31. The first-order valence-corrected chi connectivity index (χ1v) is 15.6. The van der Waals surface area contributed by atoms with Crippen LogP contribution in [-0.2, 0) is 27.9 Å². The van der Waals surface area contributed by atoms with E-state index in [1.165, 1.54) is 38.2 Å². The number of hydrogen-bond donors (Lipinski definition) is 4. The summed E-state index contributed by atoms with van der Waals surface area (Å²) in [5.41, 5.74) is 1.34. The predicted octanol–water partition coefficient (Wildman–Crippen LogP) is 1.05. The van der Waals surface area contributed by atoms with Crippen molar-refractivity contribution in [1.82, 2.24) is 30.7 Å². The first kappa shape index (κ1) is 35.3. The number of hydrogen-bond acceptors (Lipinski definition) is 8. The number of aromatic nitrogens is 1. The molecule has 2 atom stereocenters. The topological polar surface area (TPSA) is 169 Å². The van der Waals surface area contributed by atoms with Crippen molar-refractivity contribution < 1.29 is 38.2 Å². The molecular weight excluding hydrogens is 620 g/mol. The third-order valence-corrected chi connectivity index (χ3v) is 7.73. The van der Waals surface area contributed by atoms with Crippen LogP contribution in [0, 0.1) is 0 Å². The first-order chi connectivity index (χ1) is 23.1. The van der Waals surface area contributed by atoms with Gasteiger partial charge in [-0.2, -0.15) is 0 Å². The van der Waals surface area contributed by atoms with Crippen LogP contribution in [0.2, 0.25) is 0 Å². The van der Waals surface area contributed by atoms with Crippen LogP contribution >= 0.6 is 0 Å². The summed E-state index contributed by atoms with van der Waals surface area (Å²) in [6.45, 7) is 1.74. The minimum atomic E-state index is -1.02. The predicted molar refractivity (Wildman–Crippen MR) is 176 cm³/mol. The quantitative estimate of drug-likeness (QED) is 0.294. The van der Waals surface area contributed by atoms with Crippen LogP contribution in [0.25, 0.3) is 0 Å². The Kier molecular flexibility index (Phi) is 12.4. The fourth-order valence-electron chi connectivity index (χ4n) is 5.09. The third-order valence-electron chi connectivity index (χ3n) is 7.73. The van der Waals surface area contributed by atoms with Crippen LogP contribution in [-0.4, -0.2) is 98.1 Å². The van der Waals surface area contributed by atoms with Crippen LogP contribution in [0.5, 0.6) is 17.2 Å². The van der Waals surface area contributed by atoms with Gasteiger partial charge >= 0.3 is 0 Å². The Balaban J connectivity index is 1.61. The maximum absolute atomic E-state index is 13.5. The smallest absolute Gasteiger partial charge is 0.270 e. The minimum absolute atomic E-state index is 0.0167. The van der Waals surface area contributed by atoms with E-state index in [0.717, 1.165) is 5.56 Å². The number of nitrogens with one attached hydrogen (secondary N) is 4. The molecule has 2 bridgehead atoms. The molecule has 2 aliphatic heterocycles. The molecule has 4 N–H and O–H groups in total. The highest BCUT2D eigenvalue weighted by molar-refractivity contribution is 5.99. The van der Waals surface area contributed by atoms with Gasteiger partial charge in [0, 0.05) is 44.9 Å². The zero-order valence-corrected chi connectivity index (χ0v) is 27.5. The summed E-state index contributed by atoms with van der Waals surface area (Å²) in [5.74, 6) is -1.69. The Morgan fingerprint density at radius 3 is 2.27 bits per heavy atom. The van der Waals surface area contributed by atoms with Gasteiger partial charge in [-0.25, -0.2) is 0 Å². The lowest BCUT2D eigenvalue weighted by molar-refractivity contribution is -0.129. The summed E-state index contributed by atoms with van der Waals surface area (Å²) >= 11 is 0. The molecule has 5 amide bonds. The molecule has 2 aliphatic rings. The van der Waals surface area contributed by atoms with Gasteiger partial charge in [0.15, 0.2) is 11.5 Å². The SMILES string of the molecule is COc1cc2cc(OC)c1OCCCNC(=O)CN(C(=O)c1cccn1C)CCNC(=O)[C@@H](Cc1ccccc1)NC(=O)[C@H](C)NC2=O. The molecule has 2 aromatic carbocycles. The average molecular weight is 663 g/mol. The summed E-state index contributed by atoms with van der Waals surface area (Å²) in [4.78, 5) is 67.8. The largest absolute Gasteiger partial charge is 0.493 e. The standard InChI is InChI=1S/C34H42N6O8/c1-22-31(42)38-25(18-23-10-6-5-7-11-23)33(44)36-14-16-40(34(45)26-12-8-15-39(26)2)21-29(41)35-13-9-17-48-30-27(46-3)19-24(32(43)37-22)20-28(30)47-4/h5-8,10-12,15,19-20,22,25H,9,13-14,16-18,21H2,1-4H3,(H,35,41)(H,36,44)(H,37,43)(H,38,42)/t22-,25+/m0/s1. The van der Waals surface area contributed by atoms with E-state index in [2.05, 4.69) is 21.3 Å². The molecule has 14 heteroatoms. The van der Waals surface area contributed by atoms with Gasteiger partial charge in [0.25, 0.3) is 11.8 Å². The average Bonchev–Trinajstić information content (AvgIpc) is 3.52. The Morgan fingerprint density at radius 1 is 0.917 bits per heavy atom. The highest BCUT2D eigenvalue weighted by Crippen LogP contribution is 2.38. The van der Waals surface area contributed by atoms with Crippen LogP contribution < -0.4 is 35.5 Å². The number of benzene rings is 2. The molecule has 3 aromatic rings. The van der Waals surface area contributed by atoms with Crippen molar-refractivity contribution in [2.24, 2.45) is 7.05 Å². The molecule has 256 valence electrons. The van der Waals surface area contributed by atoms with Crippen molar-refractivity contribution in [2.45, 2.75) is 31.8 Å². The van der Waals surface area contributed by atoms with Crippen LogP contribution in [0.4, 0.5) is 0 Å². The number of aryl methyl sites for hydroxylation is 1. The van der Waals surface area contributed by atoms with Crippen molar-refractivity contribution in [3.05, 3.63) is 77.6 Å². The molecule has 5 rings (SSSR count). The molecule has 0 radical (unpaired) electrons. The van der Waals surface area contributed by atoms with Gasteiger partial charge in [0.2, 0.25) is 23.5 Å². The van der Waals surface area contributed by atoms with E-state index in [4.69, 9.17) is 14.2 Å². The molecule has 3 heterocycles. The molecule has 0 saturated heterocycles. The third kappa shape index (κ3) is 9.27. The van der Waals surface area contributed by atoms with E-state index >= 15 is 0 Å². The number of fused-ring (bicyclic) bond motifs is 19. The molecule has 48 heavy (non-hydrogen) atoms. The van der Waals surface area contributed by atoms with E-state index in [-0.39, 0.29) is 73.8 Å². The second kappa shape index (κ2) is 16.9. The Bertz CT molecular complexity index is 1580. The van der Waals surface area contributed by atoms with Crippen molar-refractivity contribution in [1.29, 1.82) is 0 Å². The first-order valence-electron chi connectivity index (χ1n) is 15.6. The van der Waals surface area contributed by atoms with Crippen LogP contribution in [0.1, 0.15) is 39.8 Å². The lowest BCUT2D eigenvalue weighted by Gasteiger charge is -2.25. The Hall–Kier alpha value is -5.53. The number of methoxy groups -OCH3 is 2. The van der Waals surface area contributed by atoms with E-state index in [9.17, 15) is 24.0 Å². The summed E-state index contributed by atoms with van der Waals surface area (Å²) in [5, 5.41) is 11.0. The second-order valence-electron chi connectivity index (χ2n) is 11.2. The Labute approximate surface area is 279 Å². The van der Waals surface area contributed by atoms with E-state index < -0.39 is 29.8 Å². The number of carbonyl (C=O) groups excluding carboxylic acids is 5. The van der Waals surface area contributed by atoms with E-state index in [1.54, 1.807) is 29.9 Å². The maximum atomic E-state index is 13.5. The molecule has 0 fully saturated rings. The number of rotatable bonds is 5. The van der Waals surface area contributed by atoms with Gasteiger partial charge in [-0.15, -0.1) is 0 Å². The molecule has 1 aromatic heterocycles. The van der Waals surface area contributed by atoms with Gasteiger partial charge < -0.3 is 44.9 Å². The lowest BCUT2D eigenvalue weighted by atomic mass is 10.0. The summed E-state index contributed by atoms with van der Waals surface area (Å²) < 4.78 is 18.5. The van der Waals surface area contributed by atoms with Crippen LogP contribution in [0.3, 0.4) is 0 Å². The van der Waals surface area contributed by atoms with E-state index in [1.807, 2.05) is 30.3 Å². The summed E-state index contributed by atoms with van der Waals surface area (Å²) in [6, 6.07) is 13.4. The van der Waals surface area contributed by atoms with Crippen molar-refractivity contribution >= 4 is 29.5 Å². The maximum Gasteiger partial charge on any atom is 0.270 e. The number of amides is 5. The number of nitrogens with zero attached hydrogens (tertiary/aromatic N) is 2.